The van der Waals surface area contributed by atoms with Crippen molar-refractivity contribution in [2.24, 2.45) is 0 Å². The lowest BCUT2D eigenvalue weighted by Gasteiger charge is -2.21. The summed E-state index contributed by atoms with van der Waals surface area (Å²) in [5, 5.41) is 3.04. The van der Waals surface area contributed by atoms with Crippen LogP contribution in [0.2, 0.25) is 0 Å². The van der Waals surface area contributed by atoms with Crippen LogP contribution in [-0.4, -0.2) is 33.5 Å². The molecule has 0 radical (unpaired) electrons. The van der Waals surface area contributed by atoms with Crippen LogP contribution in [0.25, 0.3) is 0 Å². The minimum atomic E-state index is -3.62. The van der Waals surface area contributed by atoms with Crippen LogP contribution in [0.15, 0.2) is 48.8 Å². The number of hydrogen-bond donors (Lipinski definition) is 1. The van der Waals surface area contributed by atoms with E-state index in [4.69, 9.17) is 0 Å². The fourth-order valence-corrected chi connectivity index (χ4v) is 4.31. The molecule has 23 heavy (non-hydrogen) atoms. The van der Waals surface area contributed by atoms with Gasteiger partial charge in [0, 0.05) is 12.7 Å². The van der Waals surface area contributed by atoms with Gasteiger partial charge in [-0.2, -0.15) is 8.42 Å². The molecule has 124 valence electrons. The quantitative estimate of drug-likeness (QED) is 0.837. The maximum absolute atomic E-state index is 12.9. The number of anilines is 3. The molecule has 0 saturated heterocycles. The van der Waals surface area contributed by atoms with E-state index in [9.17, 15) is 8.42 Å². The largest absolute Gasteiger partial charge is 0.331 e. The van der Waals surface area contributed by atoms with Gasteiger partial charge in [-0.25, -0.2) is 4.31 Å². The van der Waals surface area contributed by atoms with Crippen LogP contribution in [0.3, 0.4) is 0 Å². The molecule has 0 fully saturated rings. The fourth-order valence-electron chi connectivity index (χ4n) is 2.58. The van der Waals surface area contributed by atoms with Crippen LogP contribution < -0.4 is 13.9 Å². The van der Waals surface area contributed by atoms with E-state index in [0.717, 1.165) is 13.0 Å². The Bertz CT molecular complexity index is 755. The predicted molar refractivity (Wildman–Crippen MR) is 94.9 cm³/mol. The lowest BCUT2D eigenvalue weighted by molar-refractivity contribution is 0.591. The van der Waals surface area contributed by atoms with Gasteiger partial charge in [-0.1, -0.05) is 12.1 Å². The van der Waals surface area contributed by atoms with E-state index in [2.05, 4.69) is 10.3 Å². The number of nitrogens with zero attached hydrogens (tertiary/aromatic N) is 3. The van der Waals surface area contributed by atoms with E-state index in [-0.39, 0.29) is 12.4 Å². The number of nitrogens with one attached hydrogen (secondary N) is 1. The number of hydrogen-bond acceptors (Lipinski definition) is 4. The Kier molecular flexibility index (Phi) is 5.46. The first-order chi connectivity index (χ1) is 10.7. The first kappa shape index (κ1) is 17.5. The van der Waals surface area contributed by atoms with Gasteiger partial charge in [0.1, 0.15) is 0 Å². The van der Waals surface area contributed by atoms with Crippen molar-refractivity contribution in [1.29, 1.82) is 0 Å². The summed E-state index contributed by atoms with van der Waals surface area (Å²) in [6.07, 6.45) is 3.93. The first-order valence-corrected chi connectivity index (χ1v) is 8.52. The molecular weight excluding hydrogens is 336 g/mol. The molecule has 0 saturated carbocycles. The number of pyridine rings is 1. The average Bonchev–Trinajstić information content (AvgIpc) is 2.75. The van der Waals surface area contributed by atoms with Gasteiger partial charge < -0.3 is 5.32 Å². The topological polar surface area (TPSA) is 65.5 Å². The van der Waals surface area contributed by atoms with Crippen molar-refractivity contribution in [3.05, 3.63) is 48.8 Å². The Labute approximate surface area is 142 Å². The highest BCUT2D eigenvalue weighted by atomic mass is 35.5. The van der Waals surface area contributed by atoms with Gasteiger partial charge in [-0.3, -0.25) is 9.29 Å². The second kappa shape index (κ2) is 7.16. The molecule has 0 amide bonds. The molecule has 0 bridgehead atoms. The van der Waals surface area contributed by atoms with Gasteiger partial charge in [0.2, 0.25) is 0 Å². The molecule has 6 nitrogen and oxygen atoms in total. The molecule has 8 heteroatoms. The van der Waals surface area contributed by atoms with E-state index in [0.29, 0.717) is 23.6 Å². The summed E-state index contributed by atoms with van der Waals surface area (Å²) in [4.78, 5) is 4.03. The fraction of sp³-hybridized carbons (Fsp3) is 0.267. The average molecular weight is 355 g/mol. The molecule has 0 aliphatic carbocycles. The minimum Gasteiger partial charge on any atom is -0.320 e. The van der Waals surface area contributed by atoms with Crippen LogP contribution in [0.4, 0.5) is 17.1 Å². The number of aromatic nitrogens is 1. The molecule has 3 rings (SSSR count). The van der Waals surface area contributed by atoms with Crippen LogP contribution >= 0.6 is 12.4 Å². The van der Waals surface area contributed by atoms with Crippen molar-refractivity contribution in [2.75, 3.05) is 28.7 Å². The highest BCUT2D eigenvalue weighted by Crippen LogP contribution is 2.44. The molecule has 1 aliphatic heterocycles. The third-order valence-electron chi connectivity index (χ3n) is 3.55. The SMILES string of the molecule is CNCCCN1c2ccccc2N(c2cccnc2)S1(=O)=O.Cl. The molecule has 0 spiro atoms. The van der Waals surface area contributed by atoms with Crippen molar-refractivity contribution >= 4 is 39.7 Å². The maximum atomic E-state index is 12.9. The van der Waals surface area contributed by atoms with Crippen LogP contribution in [0, 0.1) is 0 Å². The van der Waals surface area contributed by atoms with Crippen LogP contribution in [-0.2, 0) is 10.2 Å². The second-order valence-electron chi connectivity index (χ2n) is 5.00. The molecule has 1 N–H and O–H groups in total. The van der Waals surface area contributed by atoms with Gasteiger partial charge in [0.25, 0.3) is 0 Å². The zero-order valence-electron chi connectivity index (χ0n) is 12.7. The van der Waals surface area contributed by atoms with Crippen molar-refractivity contribution < 1.29 is 8.42 Å². The third-order valence-corrected chi connectivity index (χ3v) is 5.35. The summed E-state index contributed by atoms with van der Waals surface area (Å²) >= 11 is 0. The van der Waals surface area contributed by atoms with Crippen molar-refractivity contribution in [3.63, 3.8) is 0 Å². The minimum absolute atomic E-state index is 0. The Balaban J connectivity index is 0.00000192. The zero-order valence-corrected chi connectivity index (χ0v) is 14.3. The summed E-state index contributed by atoms with van der Waals surface area (Å²) in [7, 11) is -1.77. The van der Waals surface area contributed by atoms with Gasteiger partial charge in [-0.05, 0) is 44.3 Å². The first-order valence-electron chi connectivity index (χ1n) is 7.13. The zero-order chi connectivity index (χ0) is 15.6. The summed E-state index contributed by atoms with van der Waals surface area (Å²) in [5.41, 5.74) is 1.92. The molecule has 1 aliphatic rings. The molecule has 0 atom stereocenters. The Morgan fingerprint density at radius 1 is 1.13 bits per heavy atom. The molecule has 2 aromatic rings. The lowest BCUT2D eigenvalue weighted by atomic mass is 10.2. The molecule has 2 heterocycles. The highest BCUT2D eigenvalue weighted by Gasteiger charge is 2.40. The van der Waals surface area contributed by atoms with E-state index >= 15 is 0 Å². The van der Waals surface area contributed by atoms with Gasteiger partial charge in [0.15, 0.2) is 0 Å². The standard InChI is InChI=1S/C15H18N4O2S.ClH/c1-16-9-5-11-18-14-7-2-3-8-15(14)19(22(18,20)21)13-6-4-10-17-12-13;/h2-4,6-8,10,12,16H,5,9,11H2,1H3;1H. The number of para-hydroxylation sites is 2. The summed E-state index contributed by atoms with van der Waals surface area (Å²) < 4.78 is 28.7. The number of rotatable bonds is 5. The van der Waals surface area contributed by atoms with Crippen LogP contribution in [0.5, 0.6) is 0 Å². The smallest absolute Gasteiger partial charge is 0.320 e. The summed E-state index contributed by atoms with van der Waals surface area (Å²) in [5.74, 6) is 0. The Morgan fingerprint density at radius 2 is 1.87 bits per heavy atom. The predicted octanol–water partition coefficient (Wildman–Crippen LogP) is 2.32. The molecule has 1 aromatic carbocycles. The van der Waals surface area contributed by atoms with E-state index in [1.807, 2.05) is 31.3 Å². The third kappa shape index (κ3) is 3.12. The van der Waals surface area contributed by atoms with Crippen molar-refractivity contribution in [1.82, 2.24) is 10.3 Å². The maximum Gasteiger partial charge on any atom is 0.331 e. The molecule has 1 aromatic heterocycles. The van der Waals surface area contributed by atoms with Gasteiger partial charge in [-0.15, -0.1) is 12.4 Å². The number of halogens is 1. The second-order valence-corrected chi connectivity index (χ2v) is 6.70. The number of fused-ring (bicyclic) bond motifs is 1. The summed E-state index contributed by atoms with van der Waals surface area (Å²) in [6.45, 7) is 1.21. The van der Waals surface area contributed by atoms with Crippen molar-refractivity contribution in [2.45, 2.75) is 6.42 Å². The number of benzene rings is 1. The van der Waals surface area contributed by atoms with Crippen LogP contribution in [0.1, 0.15) is 6.42 Å². The van der Waals surface area contributed by atoms with Gasteiger partial charge >= 0.3 is 10.2 Å². The van der Waals surface area contributed by atoms with E-state index in [1.54, 1.807) is 24.5 Å². The van der Waals surface area contributed by atoms with Crippen molar-refractivity contribution in [3.8, 4) is 0 Å². The summed E-state index contributed by atoms with van der Waals surface area (Å²) in [6, 6.07) is 10.8. The Hall–Kier alpha value is -1.83. The molecule has 0 unspecified atom stereocenters. The monoisotopic (exact) mass is 354 g/mol. The normalized spacial score (nSPS) is 15.2. The van der Waals surface area contributed by atoms with E-state index < -0.39 is 10.2 Å². The molecular formula is C15H19ClN4O2S. The van der Waals surface area contributed by atoms with Gasteiger partial charge in [0.05, 0.1) is 23.3 Å². The Morgan fingerprint density at radius 3 is 2.52 bits per heavy atom. The highest BCUT2D eigenvalue weighted by molar-refractivity contribution is 7.95. The van der Waals surface area contributed by atoms with E-state index in [1.165, 1.54) is 8.61 Å². The lowest BCUT2D eigenvalue weighted by Crippen LogP contribution is -2.36.